The molecule has 0 atom stereocenters. The van der Waals surface area contributed by atoms with E-state index >= 15 is 0 Å². The molecule has 2 heterocycles. The molecule has 0 radical (unpaired) electrons. The zero-order chi connectivity index (χ0) is 15.8. The molecule has 5 nitrogen and oxygen atoms in total. The molecule has 1 aliphatic heterocycles. The van der Waals surface area contributed by atoms with E-state index in [-0.39, 0.29) is 24.0 Å². The molecule has 0 bridgehead atoms. The van der Waals surface area contributed by atoms with Crippen molar-refractivity contribution in [1.29, 1.82) is 0 Å². The molecule has 1 saturated heterocycles. The van der Waals surface area contributed by atoms with E-state index in [0.29, 0.717) is 0 Å². The normalized spacial score (nSPS) is 16.9. The number of aryl methyl sites for hydroxylation is 1. The standard InChI is InChI=1S/C16H29N5S.HI/c1-13-5-9-21(10-6-13)11-8-19-16(17-3)18-7-4-15-20-12-14(2)22-15;/h12-13H,4-11H2,1-3H3,(H2,17,18,19);1H. The van der Waals surface area contributed by atoms with Crippen LogP contribution in [-0.2, 0) is 6.42 Å². The van der Waals surface area contributed by atoms with Crippen molar-refractivity contribution < 1.29 is 0 Å². The van der Waals surface area contributed by atoms with E-state index in [1.165, 1.54) is 35.8 Å². The van der Waals surface area contributed by atoms with Crippen LogP contribution in [-0.4, -0.2) is 55.6 Å². The molecule has 0 saturated carbocycles. The Balaban J connectivity index is 0.00000264. The van der Waals surface area contributed by atoms with E-state index in [1.54, 1.807) is 11.3 Å². The number of guanidine groups is 1. The highest BCUT2D eigenvalue weighted by Crippen LogP contribution is 2.15. The Morgan fingerprint density at radius 3 is 2.65 bits per heavy atom. The van der Waals surface area contributed by atoms with Gasteiger partial charge in [0.2, 0.25) is 0 Å². The van der Waals surface area contributed by atoms with Crippen LogP contribution in [0.15, 0.2) is 11.2 Å². The largest absolute Gasteiger partial charge is 0.356 e. The van der Waals surface area contributed by atoms with E-state index in [2.05, 4.69) is 39.4 Å². The van der Waals surface area contributed by atoms with Gasteiger partial charge in [-0.05, 0) is 38.8 Å². The summed E-state index contributed by atoms with van der Waals surface area (Å²) in [6.07, 6.45) is 5.55. The number of aromatic nitrogens is 1. The van der Waals surface area contributed by atoms with Gasteiger partial charge in [0, 0.05) is 44.2 Å². The predicted molar refractivity (Wildman–Crippen MR) is 110 cm³/mol. The highest BCUT2D eigenvalue weighted by Gasteiger charge is 2.14. The number of rotatable bonds is 6. The number of halogens is 1. The fourth-order valence-corrected chi connectivity index (χ4v) is 3.43. The van der Waals surface area contributed by atoms with Crippen LogP contribution in [0.4, 0.5) is 0 Å². The molecule has 0 aromatic carbocycles. The van der Waals surface area contributed by atoms with Gasteiger partial charge in [-0.1, -0.05) is 6.92 Å². The first-order valence-electron chi connectivity index (χ1n) is 8.25. The van der Waals surface area contributed by atoms with Crippen molar-refractivity contribution in [2.24, 2.45) is 10.9 Å². The summed E-state index contributed by atoms with van der Waals surface area (Å²) >= 11 is 1.77. The van der Waals surface area contributed by atoms with E-state index in [4.69, 9.17) is 0 Å². The smallest absolute Gasteiger partial charge is 0.191 e. The van der Waals surface area contributed by atoms with Gasteiger partial charge in [0.1, 0.15) is 0 Å². The maximum Gasteiger partial charge on any atom is 0.191 e. The number of nitrogens with zero attached hydrogens (tertiary/aromatic N) is 3. The van der Waals surface area contributed by atoms with Gasteiger partial charge in [0.05, 0.1) is 5.01 Å². The Labute approximate surface area is 161 Å². The fraction of sp³-hybridized carbons (Fsp3) is 0.750. The Hall–Kier alpha value is -0.410. The molecule has 132 valence electrons. The van der Waals surface area contributed by atoms with Crippen molar-refractivity contribution in [3.8, 4) is 0 Å². The third-order valence-corrected chi connectivity index (χ3v) is 5.09. The monoisotopic (exact) mass is 451 g/mol. The number of hydrogen-bond donors (Lipinski definition) is 2. The highest BCUT2D eigenvalue weighted by atomic mass is 127. The second-order valence-electron chi connectivity index (χ2n) is 6.06. The van der Waals surface area contributed by atoms with Gasteiger partial charge in [-0.25, -0.2) is 4.98 Å². The summed E-state index contributed by atoms with van der Waals surface area (Å²) in [6, 6.07) is 0. The van der Waals surface area contributed by atoms with Gasteiger partial charge in [-0.15, -0.1) is 35.3 Å². The second-order valence-corrected chi connectivity index (χ2v) is 7.38. The predicted octanol–water partition coefficient (Wildman–Crippen LogP) is 2.51. The summed E-state index contributed by atoms with van der Waals surface area (Å²) in [6.45, 7) is 9.83. The second kappa shape index (κ2) is 11.2. The maximum atomic E-state index is 4.38. The third kappa shape index (κ3) is 7.80. The molecule has 0 amide bonds. The van der Waals surface area contributed by atoms with Crippen molar-refractivity contribution >= 4 is 41.3 Å². The van der Waals surface area contributed by atoms with Crippen LogP contribution in [0.1, 0.15) is 29.7 Å². The quantitative estimate of drug-likeness (QED) is 0.397. The van der Waals surface area contributed by atoms with Gasteiger partial charge in [-0.2, -0.15) is 0 Å². The van der Waals surface area contributed by atoms with Crippen molar-refractivity contribution in [2.75, 3.05) is 39.8 Å². The first-order valence-corrected chi connectivity index (χ1v) is 9.07. The molecule has 0 spiro atoms. The maximum absolute atomic E-state index is 4.38. The Morgan fingerprint density at radius 1 is 1.35 bits per heavy atom. The lowest BCUT2D eigenvalue weighted by molar-refractivity contribution is 0.195. The van der Waals surface area contributed by atoms with Crippen LogP contribution in [0.3, 0.4) is 0 Å². The van der Waals surface area contributed by atoms with Crippen LogP contribution < -0.4 is 10.6 Å². The van der Waals surface area contributed by atoms with E-state index in [1.807, 2.05) is 13.2 Å². The fourth-order valence-electron chi connectivity index (χ4n) is 2.64. The average molecular weight is 451 g/mol. The van der Waals surface area contributed by atoms with Gasteiger partial charge >= 0.3 is 0 Å². The van der Waals surface area contributed by atoms with E-state index in [0.717, 1.165) is 37.9 Å². The molecule has 0 unspecified atom stereocenters. The Morgan fingerprint density at radius 2 is 2.04 bits per heavy atom. The number of piperidine rings is 1. The summed E-state index contributed by atoms with van der Waals surface area (Å²) in [5, 5.41) is 7.94. The molecule has 2 N–H and O–H groups in total. The van der Waals surface area contributed by atoms with E-state index in [9.17, 15) is 0 Å². The summed E-state index contributed by atoms with van der Waals surface area (Å²) in [5.74, 6) is 1.78. The minimum atomic E-state index is 0. The van der Waals surface area contributed by atoms with Gasteiger partial charge < -0.3 is 15.5 Å². The average Bonchev–Trinajstić information content (AvgIpc) is 2.93. The molecular weight excluding hydrogens is 421 g/mol. The van der Waals surface area contributed by atoms with Gasteiger partial charge in [0.25, 0.3) is 0 Å². The lowest BCUT2D eigenvalue weighted by Crippen LogP contribution is -2.43. The molecular formula is C16H30IN5S. The first-order chi connectivity index (χ1) is 10.7. The van der Waals surface area contributed by atoms with Crippen molar-refractivity contribution in [1.82, 2.24) is 20.5 Å². The molecule has 23 heavy (non-hydrogen) atoms. The zero-order valence-electron chi connectivity index (χ0n) is 14.5. The number of likely N-dealkylation sites (tertiary alicyclic amines) is 1. The molecule has 1 aromatic rings. The summed E-state index contributed by atoms with van der Waals surface area (Å²) < 4.78 is 0. The van der Waals surface area contributed by atoms with Crippen molar-refractivity contribution in [3.05, 3.63) is 16.1 Å². The SMILES string of the molecule is CN=C(NCCc1ncc(C)s1)NCCN1CCC(C)CC1.I. The minimum absolute atomic E-state index is 0. The van der Waals surface area contributed by atoms with Crippen LogP contribution in [0.25, 0.3) is 0 Å². The van der Waals surface area contributed by atoms with Crippen LogP contribution in [0, 0.1) is 12.8 Å². The number of nitrogens with one attached hydrogen (secondary N) is 2. The van der Waals surface area contributed by atoms with Crippen LogP contribution in [0.5, 0.6) is 0 Å². The lowest BCUT2D eigenvalue weighted by Gasteiger charge is -2.30. The molecule has 0 aliphatic carbocycles. The topological polar surface area (TPSA) is 52.6 Å². The Bertz CT molecular complexity index is 469. The molecule has 1 aromatic heterocycles. The molecule has 1 aliphatic rings. The molecule has 2 rings (SSSR count). The zero-order valence-corrected chi connectivity index (χ0v) is 17.6. The lowest BCUT2D eigenvalue weighted by atomic mass is 9.99. The summed E-state index contributed by atoms with van der Waals surface area (Å²) in [5.41, 5.74) is 0. The van der Waals surface area contributed by atoms with Crippen molar-refractivity contribution in [3.63, 3.8) is 0 Å². The highest BCUT2D eigenvalue weighted by molar-refractivity contribution is 14.0. The van der Waals surface area contributed by atoms with Crippen LogP contribution in [0.2, 0.25) is 0 Å². The van der Waals surface area contributed by atoms with E-state index < -0.39 is 0 Å². The Kier molecular flexibility index (Phi) is 10.0. The summed E-state index contributed by atoms with van der Waals surface area (Å²) in [7, 11) is 1.82. The summed E-state index contributed by atoms with van der Waals surface area (Å²) in [4.78, 5) is 12.5. The first kappa shape index (κ1) is 20.6. The van der Waals surface area contributed by atoms with Crippen LogP contribution >= 0.6 is 35.3 Å². The van der Waals surface area contributed by atoms with Gasteiger partial charge in [-0.3, -0.25) is 4.99 Å². The van der Waals surface area contributed by atoms with Crippen molar-refractivity contribution in [2.45, 2.75) is 33.1 Å². The number of thiazole rings is 1. The number of aliphatic imine (C=N–C) groups is 1. The minimum Gasteiger partial charge on any atom is -0.356 e. The van der Waals surface area contributed by atoms with Gasteiger partial charge in [0.15, 0.2) is 5.96 Å². The number of hydrogen-bond acceptors (Lipinski definition) is 4. The molecule has 1 fully saturated rings. The molecule has 7 heteroatoms. The third-order valence-electron chi connectivity index (χ3n) is 4.12.